The number of H-pyrrole nitrogens is 1. The number of aromatic amines is 1. The Morgan fingerprint density at radius 3 is 2.65 bits per heavy atom. The van der Waals surface area contributed by atoms with E-state index in [1.165, 1.54) is 11.1 Å². The van der Waals surface area contributed by atoms with E-state index in [-0.39, 0.29) is 5.54 Å². The molecule has 0 atom stereocenters. The van der Waals surface area contributed by atoms with Crippen LogP contribution in [0.1, 0.15) is 25.2 Å². The topological polar surface area (TPSA) is 54.7 Å². The smallest absolute Gasteiger partial charge is 0.108 e. The van der Waals surface area contributed by atoms with E-state index < -0.39 is 0 Å². The van der Waals surface area contributed by atoms with Crippen molar-refractivity contribution < 1.29 is 0 Å². The molecule has 3 nitrogen and oxygen atoms in total. The van der Waals surface area contributed by atoms with E-state index in [1.807, 2.05) is 32.2 Å². The lowest BCUT2D eigenvalue weighted by Gasteiger charge is -2.15. The average molecular weight is 229 g/mol. The maximum Gasteiger partial charge on any atom is 0.108 e. The molecule has 0 bridgehead atoms. The van der Waals surface area contributed by atoms with Crippen molar-refractivity contribution in [2.45, 2.75) is 32.7 Å². The summed E-state index contributed by atoms with van der Waals surface area (Å²) in [7, 11) is 0. The lowest BCUT2D eigenvalue weighted by Crippen LogP contribution is -2.34. The third-order valence-corrected chi connectivity index (χ3v) is 2.69. The molecule has 0 aliphatic carbocycles. The van der Waals surface area contributed by atoms with Crippen LogP contribution in [-0.2, 0) is 6.42 Å². The molecule has 0 aliphatic heterocycles. The maximum absolute atomic E-state index is 5.99. The number of nitrogens with one attached hydrogen (secondary N) is 1. The SMILES string of the molecule is Cc1ccccc1-c1cnc(CC(C)(C)N)[nH]1. The van der Waals surface area contributed by atoms with Gasteiger partial charge in [-0.25, -0.2) is 4.98 Å². The molecule has 1 aromatic heterocycles. The molecule has 0 aliphatic rings. The van der Waals surface area contributed by atoms with Gasteiger partial charge in [-0.3, -0.25) is 0 Å². The first kappa shape index (κ1) is 11.9. The summed E-state index contributed by atoms with van der Waals surface area (Å²) in [5.74, 6) is 0.941. The van der Waals surface area contributed by atoms with Gasteiger partial charge in [0, 0.05) is 17.5 Å². The molecule has 0 saturated carbocycles. The predicted octanol–water partition coefficient (Wildman–Crippen LogP) is 2.66. The second-order valence-corrected chi connectivity index (χ2v) is 5.22. The van der Waals surface area contributed by atoms with Crippen LogP contribution < -0.4 is 5.73 Å². The standard InChI is InChI=1S/C14H19N3/c1-10-6-4-5-7-11(10)12-9-16-13(17-12)8-14(2,3)15/h4-7,9H,8,15H2,1-3H3,(H,16,17). The van der Waals surface area contributed by atoms with Gasteiger partial charge in [-0.05, 0) is 26.3 Å². The molecule has 2 rings (SSSR count). The highest BCUT2D eigenvalue weighted by Gasteiger charge is 2.14. The second kappa shape index (κ2) is 4.34. The van der Waals surface area contributed by atoms with Crippen molar-refractivity contribution in [1.29, 1.82) is 0 Å². The van der Waals surface area contributed by atoms with E-state index in [4.69, 9.17) is 5.73 Å². The minimum Gasteiger partial charge on any atom is -0.342 e. The normalized spacial score (nSPS) is 11.8. The summed E-state index contributed by atoms with van der Waals surface area (Å²) in [4.78, 5) is 7.72. The Kier molecular flexibility index (Phi) is 3.03. The Morgan fingerprint density at radius 1 is 1.29 bits per heavy atom. The zero-order valence-corrected chi connectivity index (χ0v) is 10.6. The minimum absolute atomic E-state index is 0.235. The molecule has 0 saturated heterocycles. The molecule has 2 aromatic rings. The van der Waals surface area contributed by atoms with Gasteiger partial charge < -0.3 is 10.7 Å². The summed E-state index contributed by atoms with van der Waals surface area (Å²) < 4.78 is 0. The van der Waals surface area contributed by atoms with Crippen LogP contribution in [0.5, 0.6) is 0 Å². The average Bonchev–Trinajstić information content (AvgIpc) is 2.64. The van der Waals surface area contributed by atoms with E-state index in [2.05, 4.69) is 29.0 Å². The Hall–Kier alpha value is -1.61. The number of nitrogens with two attached hydrogens (primary N) is 1. The van der Waals surface area contributed by atoms with Crippen LogP contribution in [0.4, 0.5) is 0 Å². The van der Waals surface area contributed by atoms with Gasteiger partial charge in [0.25, 0.3) is 0 Å². The Labute approximate surface area is 102 Å². The van der Waals surface area contributed by atoms with Crippen molar-refractivity contribution in [3.8, 4) is 11.3 Å². The van der Waals surface area contributed by atoms with Gasteiger partial charge in [-0.15, -0.1) is 0 Å². The summed E-state index contributed by atoms with van der Waals surface area (Å²) in [6.45, 7) is 6.11. The van der Waals surface area contributed by atoms with Gasteiger partial charge in [0.15, 0.2) is 0 Å². The van der Waals surface area contributed by atoms with E-state index >= 15 is 0 Å². The van der Waals surface area contributed by atoms with Crippen LogP contribution in [0.25, 0.3) is 11.3 Å². The molecule has 3 N–H and O–H groups in total. The predicted molar refractivity (Wildman–Crippen MR) is 70.7 cm³/mol. The molecule has 1 aromatic carbocycles. The van der Waals surface area contributed by atoms with Gasteiger partial charge in [-0.1, -0.05) is 24.3 Å². The highest BCUT2D eigenvalue weighted by atomic mass is 14.9. The van der Waals surface area contributed by atoms with Crippen LogP contribution in [0.3, 0.4) is 0 Å². The zero-order chi connectivity index (χ0) is 12.5. The van der Waals surface area contributed by atoms with Crippen molar-refractivity contribution in [1.82, 2.24) is 9.97 Å². The highest BCUT2D eigenvalue weighted by molar-refractivity contribution is 5.62. The minimum atomic E-state index is -0.235. The first-order chi connectivity index (χ1) is 7.96. The Morgan fingerprint density at radius 2 is 2.00 bits per heavy atom. The fourth-order valence-corrected chi connectivity index (χ4v) is 1.90. The summed E-state index contributed by atoms with van der Waals surface area (Å²) in [5, 5.41) is 0. The van der Waals surface area contributed by atoms with E-state index in [1.54, 1.807) is 0 Å². The van der Waals surface area contributed by atoms with Gasteiger partial charge in [0.2, 0.25) is 0 Å². The first-order valence-electron chi connectivity index (χ1n) is 5.84. The van der Waals surface area contributed by atoms with Crippen LogP contribution in [-0.4, -0.2) is 15.5 Å². The van der Waals surface area contributed by atoms with E-state index in [0.717, 1.165) is 17.9 Å². The molecular formula is C14H19N3. The summed E-state index contributed by atoms with van der Waals surface area (Å²) in [5.41, 5.74) is 9.25. The van der Waals surface area contributed by atoms with Gasteiger partial charge >= 0.3 is 0 Å². The fraction of sp³-hybridized carbons (Fsp3) is 0.357. The molecule has 0 spiro atoms. The number of aryl methyl sites for hydroxylation is 1. The van der Waals surface area contributed by atoms with Crippen molar-refractivity contribution >= 4 is 0 Å². The van der Waals surface area contributed by atoms with Crippen molar-refractivity contribution in [3.63, 3.8) is 0 Å². The Balaban J connectivity index is 2.28. The molecule has 17 heavy (non-hydrogen) atoms. The zero-order valence-electron chi connectivity index (χ0n) is 10.6. The van der Waals surface area contributed by atoms with Crippen molar-refractivity contribution in [2.24, 2.45) is 5.73 Å². The van der Waals surface area contributed by atoms with Crippen LogP contribution >= 0.6 is 0 Å². The number of imidazole rings is 1. The number of hydrogen-bond acceptors (Lipinski definition) is 2. The van der Waals surface area contributed by atoms with Gasteiger partial charge in [0.05, 0.1) is 11.9 Å². The molecule has 0 unspecified atom stereocenters. The molecule has 0 amide bonds. The van der Waals surface area contributed by atoms with Crippen LogP contribution in [0.2, 0.25) is 0 Å². The number of aromatic nitrogens is 2. The van der Waals surface area contributed by atoms with Crippen LogP contribution in [0, 0.1) is 6.92 Å². The molecule has 1 heterocycles. The summed E-state index contributed by atoms with van der Waals surface area (Å²) in [6.07, 6.45) is 2.63. The third-order valence-electron chi connectivity index (χ3n) is 2.69. The lowest BCUT2D eigenvalue weighted by atomic mass is 10.0. The van der Waals surface area contributed by atoms with Crippen molar-refractivity contribution in [3.05, 3.63) is 41.9 Å². The largest absolute Gasteiger partial charge is 0.342 e. The Bertz CT molecular complexity index is 506. The molecule has 0 fully saturated rings. The monoisotopic (exact) mass is 229 g/mol. The second-order valence-electron chi connectivity index (χ2n) is 5.22. The van der Waals surface area contributed by atoms with E-state index in [9.17, 15) is 0 Å². The molecular weight excluding hydrogens is 210 g/mol. The fourth-order valence-electron chi connectivity index (χ4n) is 1.90. The summed E-state index contributed by atoms with van der Waals surface area (Å²) >= 11 is 0. The molecule has 90 valence electrons. The van der Waals surface area contributed by atoms with Gasteiger partial charge in [0.1, 0.15) is 5.82 Å². The number of rotatable bonds is 3. The maximum atomic E-state index is 5.99. The quantitative estimate of drug-likeness (QED) is 0.850. The first-order valence-corrected chi connectivity index (χ1v) is 5.84. The molecule has 0 radical (unpaired) electrons. The third kappa shape index (κ3) is 2.94. The van der Waals surface area contributed by atoms with E-state index in [0.29, 0.717) is 0 Å². The molecule has 3 heteroatoms. The lowest BCUT2D eigenvalue weighted by molar-refractivity contribution is 0.505. The summed E-state index contributed by atoms with van der Waals surface area (Å²) in [6, 6.07) is 8.28. The van der Waals surface area contributed by atoms with Gasteiger partial charge in [-0.2, -0.15) is 0 Å². The number of benzene rings is 1. The van der Waals surface area contributed by atoms with Crippen molar-refractivity contribution in [2.75, 3.05) is 0 Å². The number of hydrogen-bond donors (Lipinski definition) is 2. The highest BCUT2D eigenvalue weighted by Crippen LogP contribution is 2.21. The van der Waals surface area contributed by atoms with Crippen LogP contribution in [0.15, 0.2) is 30.5 Å². The number of nitrogens with zero attached hydrogens (tertiary/aromatic N) is 1.